The Bertz CT molecular complexity index is 451. The van der Waals surface area contributed by atoms with Crippen molar-refractivity contribution in [1.82, 2.24) is 5.32 Å². The molecule has 6 nitrogen and oxygen atoms in total. The molecule has 1 aromatic rings. The molecule has 0 spiro atoms. The molecule has 0 fully saturated rings. The zero-order valence-electron chi connectivity index (χ0n) is 11.4. The number of nitrogens with two attached hydrogens (primary N) is 1. The van der Waals surface area contributed by atoms with Gasteiger partial charge in [-0.15, -0.1) is 0 Å². The number of carbonyl (C=O) groups is 1. The van der Waals surface area contributed by atoms with Crippen LogP contribution in [0.15, 0.2) is 24.3 Å². The first-order chi connectivity index (χ1) is 9.54. The van der Waals surface area contributed by atoms with E-state index in [0.29, 0.717) is 19.4 Å². The van der Waals surface area contributed by atoms with Gasteiger partial charge in [-0.3, -0.25) is 14.9 Å². The minimum Gasteiger partial charge on any atom is -0.354 e. The van der Waals surface area contributed by atoms with Crippen molar-refractivity contribution in [2.24, 2.45) is 5.73 Å². The number of rotatable bonds is 8. The van der Waals surface area contributed by atoms with Crippen molar-refractivity contribution in [2.75, 3.05) is 18.6 Å². The van der Waals surface area contributed by atoms with Crippen molar-refractivity contribution in [1.29, 1.82) is 0 Å². The lowest BCUT2D eigenvalue weighted by Gasteiger charge is -2.11. The molecule has 1 aromatic carbocycles. The van der Waals surface area contributed by atoms with Gasteiger partial charge >= 0.3 is 0 Å². The second-order valence-corrected chi connectivity index (χ2v) is 5.34. The van der Waals surface area contributed by atoms with Crippen LogP contribution in [0, 0.1) is 10.1 Å². The van der Waals surface area contributed by atoms with E-state index in [1.165, 1.54) is 12.1 Å². The molecule has 0 aliphatic carbocycles. The van der Waals surface area contributed by atoms with Crippen LogP contribution in [0.25, 0.3) is 0 Å². The SMILES string of the molecule is CSCC[C@H](N)C(=O)NCCc1ccc([N+](=O)[O-])cc1. The number of nitrogens with one attached hydrogen (secondary N) is 1. The van der Waals surface area contributed by atoms with Gasteiger partial charge in [-0.05, 0) is 30.4 Å². The van der Waals surface area contributed by atoms with E-state index in [1.54, 1.807) is 23.9 Å². The molecule has 0 aromatic heterocycles. The van der Waals surface area contributed by atoms with E-state index in [2.05, 4.69) is 5.32 Å². The summed E-state index contributed by atoms with van der Waals surface area (Å²) in [6.45, 7) is 0.476. The van der Waals surface area contributed by atoms with Gasteiger partial charge in [0.1, 0.15) is 0 Å². The summed E-state index contributed by atoms with van der Waals surface area (Å²) in [6, 6.07) is 5.83. The minimum absolute atomic E-state index is 0.0665. The lowest BCUT2D eigenvalue weighted by Crippen LogP contribution is -2.41. The molecule has 20 heavy (non-hydrogen) atoms. The zero-order valence-corrected chi connectivity index (χ0v) is 12.2. The molecule has 0 radical (unpaired) electrons. The van der Waals surface area contributed by atoms with Crippen molar-refractivity contribution in [3.05, 3.63) is 39.9 Å². The molecule has 1 rings (SSSR count). The van der Waals surface area contributed by atoms with Crippen molar-refractivity contribution >= 4 is 23.4 Å². The molecule has 3 N–H and O–H groups in total. The van der Waals surface area contributed by atoms with Gasteiger partial charge in [-0.25, -0.2) is 0 Å². The number of nitro benzene ring substituents is 1. The number of nitro groups is 1. The highest BCUT2D eigenvalue weighted by Gasteiger charge is 2.12. The van der Waals surface area contributed by atoms with E-state index in [0.717, 1.165) is 11.3 Å². The third-order valence-electron chi connectivity index (χ3n) is 2.83. The van der Waals surface area contributed by atoms with E-state index < -0.39 is 11.0 Å². The molecule has 110 valence electrons. The van der Waals surface area contributed by atoms with E-state index in [1.807, 2.05) is 6.26 Å². The van der Waals surface area contributed by atoms with Crippen LogP contribution in [-0.4, -0.2) is 35.4 Å². The summed E-state index contributed by atoms with van der Waals surface area (Å²) < 4.78 is 0. The molecule has 0 unspecified atom stereocenters. The summed E-state index contributed by atoms with van der Waals surface area (Å²) in [5.74, 6) is 0.706. The first-order valence-electron chi connectivity index (χ1n) is 6.30. The van der Waals surface area contributed by atoms with Crippen LogP contribution in [-0.2, 0) is 11.2 Å². The fourth-order valence-corrected chi connectivity index (χ4v) is 2.11. The number of non-ortho nitro benzene ring substituents is 1. The first-order valence-corrected chi connectivity index (χ1v) is 7.69. The van der Waals surface area contributed by atoms with E-state index in [9.17, 15) is 14.9 Å². The third-order valence-corrected chi connectivity index (χ3v) is 3.47. The molecule has 0 saturated carbocycles. The predicted octanol–water partition coefficient (Wildman–Crippen LogP) is 1.33. The van der Waals surface area contributed by atoms with Crippen molar-refractivity contribution in [3.63, 3.8) is 0 Å². The predicted molar refractivity (Wildman–Crippen MR) is 80.8 cm³/mol. The van der Waals surface area contributed by atoms with Crippen LogP contribution in [0.2, 0.25) is 0 Å². The van der Waals surface area contributed by atoms with Crippen LogP contribution >= 0.6 is 11.8 Å². The number of hydrogen-bond donors (Lipinski definition) is 2. The maximum atomic E-state index is 11.6. The molecule has 0 heterocycles. The quantitative estimate of drug-likeness (QED) is 0.557. The van der Waals surface area contributed by atoms with Crippen LogP contribution in [0.3, 0.4) is 0 Å². The Morgan fingerprint density at radius 1 is 1.45 bits per heavy atom. The molecule has 0 aliphatic rings. The molecule has 7 heteroatoms. The maximum absolute atomic E-state index is 11.6. The average Bonchev–Trinajstić information content (AvgIpc) is 2.45. The molecule has 1 atom stereocenters. The Morgan fingerprint density at radius 2 is 2.10 bits per heavy atom. The fourth-order valence-electron chi connectivity index (χ4n) is 1.62. The summed E-state index contributed by atoms with van der Waals surface area (Å²) >= 11 is 1.66. The Labute approximate surface area is 122 Å². The van der Waals surface area contributed by atoms with Gasteiger partial charge in [0.2, 0.25) is 5.91 Å². The summed E-state index contributed by atoms with van der Waals surface area (Å²) in [5, 5.41) is 13.3. The van der Waals surface area contributed by atoms with Crippen molar-refractivity contribution in [2.45, 2.75) is 18.9 Å². The highest BCUT2D eigenvalue weighted by atomic mass is 32.2. The Kier molecular flexibility index (Phi) is 7.03. The third kappa shape index (κ3) is 5.58. The van der Waals surface area contributed by atoms with Gasteiger partial charge in [-0.2, -0.15) is 11.8 Å². The standard InChI is InChI=1S/C13H19N3O3S/c1-20-9-7-12(14)13(17)15-8-6-10-2-4-11(5-3-10)16(18)19/h2-5,12H,6-9,14H2,1H3,(H,15,17)/t12-/m0/s1. The monoisotopic (exact) mass is 297 g/mol. The summed E-state index contributed by atoms with van der Waals surface area (Å²) in [4.78, 5) is 21.7. The summed E-state index contributed by atoms with van der Waals surface area (Å²) in [6.07, 6.45) is 3.25. The number of benzene rings is 1. The topological polar surface area (TPSA) is 98.3 Å². The van der Waals surface area contributed by atoms with Gasteiger partial charge in [-0.1, -0.05) is 12.1 Å². The molecular formula is C13H19N3O3S. The number of amides is 1. The van der Waals surface area contributed by atoms with Crippen LogP contribution in [0.4, 0.5) is 5.69 Å². The Balaban J connectivity index is 2.33. The van der Waals surface area contributed by atoms with Gasteiger partial charge < -0.3 is 11.1 Å². The Morgan fingerprint density at radius 3 is 2.65 bits per heavy atom. The van der Waals surface area contributed by atoms with E-state index in [4.69, 9.17) is 5.73 Å². The Hall–Kier alpha value is -1.60. The van der Waals surface area contributed by atoms with Crippen molar-refractivity contribution in [3.8, 4) is 0 Å². The van der Waals surface area contributed by atoms with Gasteiger partial charge in [0.25, 0.3) is 5.69 Å². The van der Waals surface area contributed by atoms with E-state index >= 15 is 0 Å². The molecular weight excluding hydrogens is 278 g/mol. The lowest BCUT2D eigenvalue weighted by atomic mass is 10.1. The molecule has 0 aliphatic heterocycles. The van der Waals surface area contributed by atoms with Crippen LogP contribution < -0.4 is 11.1 Å². The van der Waals surface area contributed by atoms with Gasteiger partial charge in [0.15, 0.2) is 0 Å². The highest BCUT2D eigenvalue weighted by Crippen LogP contribution is 2.11. The molecule has 0 bridgehead atoms. The zero-order chi connectivity index (χ0) is 15.0. The number of carbonyl (C=O) groups excluding carboxylic acids is 1. The normalized spacial score (nSPS) is 11.9. The lowest BCUT2D eigenvalue weighted by molar-refractivity contribution is -0.384. The average molecular weight is 297 g/mol. The van der Waals surface area contributed by atoms with Crippen LogP contribution in [0.5, 0.6) is 0 Å². The largest absolute Gasteiger partial charge is 0.354 e. The van der Waals surface area contributed by atoms with Crippen molar-refractivity contribution < 1.29 is 9.72 Å². The number of nitrogens with zero attached hydrogens (tertiary/aromatic N) is 1. The minimum atomic E-state index is -0.473. The van der Waals surface area contributed by atoms with Gasteiger partial charge in [0, 0.05) is 18.7 Å². The number of hydrogen-bond acceptors (Lipinski definition) is 5. The van der Waals surface area contributed by atoms with Crippen LogP contribution in [0.1, 0.15) is 12.0 Å². The molecule has 0 saturated heterocycles. The molecule has 1 amide bonds. The smallest absolute Gasteiger partial charge is 0.269 e. The highest BCUT2D eigenvalue weighted by molar-refractivity contribution is 7.98. The number of thioether (sulfide) groups is 1. The second-order valence-electron chi connectivity index (χ2n) is 4.35. The van der Waals surface area contributed by atoms with E-state index in [-0.39, 0.29) is 11.6 Å². The summed E-state index contributed by atoms with van der Waals surface area (Å²) in [7, 11) is 0. The maximum Gasteiger partial charge on any atom is 0.269 e. The second kappa shape index (κ2) is 8.55. The first kappa shape index (κ1) is 16.5. The summed E-state index contributed by atoms with van der Waals surface area (Å²) in [5.41, 5.74) is 6.74. The van der Waals surface area contributed by atoms with Gasteiger partial charge in [0.05, 0.1) is 11.0 Å². The fraction of sp³-hybridized carbons (Fsp3) is 0.462.